The van der Waals surface area contributed by atoms with Crippen LogP contribution in [0, 0.1) is 11.8 Å². The Hall–Kier alpha value is -1.63. The summed E-state index contributed by atoms with van der Waals surface area (Å²) in [5.41, 5.74) is 0.270. The summed E-state index contributed by atoms with van der Waals surface area (Å²) in [5.74, 6) is 5.21. The minimum Gasteiger partial charge on any atom is -0.387 e. The molecule has 1 rings (SSSR count). The fourth-order valence-electron chi connectivity index (χ4n) is 1.18. The highest BCUT2D eigenvalue weighted by molar-refractivity contribution is 5.60. The summed E-state index contributed by atoms with van der Waals surface area (Å²) < 4.78 is 37.1. The normalized spacial score (nSPS) is 10.5. The van der Waals surface area contributed by atoms with Gasteiger partial charge in [0.2, 0.25) is 0 Å². The SMILES string of the molecule is CC#Cc1cc(C(F)(F)F)ccc1NC. The van der Waals surface area contributed by atoms with E-state index in [0.717, 1.165) is 12.1 Å². The number of rotatable bonds is 1. The molecule has 0 spiro atoms. The Morgan fingerprint density at radius 1 is 1.27 bits per heavy atom. The molecule has 0 aliphatic heterocycles. The molecular weight excluding hydrogens is 203 g/mol. The summed E-state index contributed by atoms with van der Waals surface area (Å²) in [4.78, 5) is 0. The number of hydrogen-bond donors (Lipinski definition) is 1. The summed E-state index contributed by atoms with van der Waals surface area (Å²) in [6.45, 7) is 1.58. The van der Waals surface area contributed by atoms with Gasteiger partial charge in [-0.3, -0.25) is 0 Å². The summed E-state index contributed by atoms with van der Waals surface area (Å²) in [7, 11) is 1.64. The highest BCUT2D eigenvalue weighted by Crippen LogP contribution is 2.31. The van der Waals surface area contributed by atoms with Crippen molar-refractivity contribution in [1.82, 2.24) is 0 Å². The molecule has 1 nitrogen and oxygen atoms in total. The minimum atomic E-state index is -4.32. The van der Waals surface area contributed by atoms with E-state index in [1.807, 2.05) is 0 Å². The molecule has 0 unspecified atom stereocenters. The van der Waals surface area contributed by atoms with Crippen molar-refractivity contribution in [2.75, 3.05) is 12.4 Å². The topological polar surface area (TPSA) is 12.0 Å². The van der Waals surface area contributed by atoms with Gasteiger partial charge in [0.25, 0.3) is 0 Å². The molecule has 0 fully saturated rings. The summed E-state index contributed by atoms with van der Waals surface area (Å²) >= 11 is 0. The van der Waals surface area contributed by atoms with E-state index in [4.69, 9.17) is 0 Å². The van der Waals surface area contributed by atoms with E-state index >= 15 is 0 Å². The molecule has 0 heterocycles. The van der Waals surface area contributed by atoms with Crippen LogP contribution in [0.3, 0.4) is 0 Å². The maximum atomic E-state index is 12.4. The zero-order chi connectivity index (χ0) is 11.5. The molecule has 0 saturated carbocycles. The third-order valence-electron chi connectivity index (χ3n) is 1.88. The standard InChI is InChI=1S/C11H10F3N/c1-3-4-8-7-9(11(12,13)14)5-6-10(8)15-2/h5-7,15H,1-2H3. The first-order chi connectivity index (χ1) is 6.99. The minimum absolute atomic E-state index is 0.356. The molecule has 0 aliphatic carbocycles. The molecule has 0 radical (unpaired) electrons. The Morgan fingerprint density at radius 3 is 2.40 bits per heavy atom. The predicted molar refractivity (Wildman–Crippen MR) is 53.5 cm³/mol. The van der Waals surface area contributed by atoms with Crippen molar-refractivity contribution in [3.63, 3.8) is 0 Å². The number of anilines is 1. The van der Waals surface area contributed by atoms with E-state index in [-0.39, 0.29) is 0 Å². The van der Waals surface area contributed by atoms with Crippen molar-refractivity contribution in [2.45, 2.75) is 13.1 Å². The Kier molecular flexibility index (Phi) is 3.25. The molecule has 1 aromatic carbocycles. The van der Waals surface area contributed by atoms with Gasteiger partial charge in [-0.05, 0) is 25.1 Å². The first kappa shape index (κ1) is 11.4. The van der Waals surface area contributed by atoms with Crippen LogP contribution in [0.15, 0.2) is 18.2 Å². The maximum absolute atomic E-state index is 12.4. The molecule has 4 heteroatoms. The molecule has 0 bridgehead atoms. The lowest BCUT2D eigenvalue weighted by Crippen LogP contribution is -2.06. The zero-order valence-corrected chi connectivity index (χ0v) is 8.37. The molecule has 0 amide bonds. The van der Waals surface area contributed by atoms with Gasteiger partial charge in [-0.15, -0.1) is 5.92 Å². The maximum Gasteiger partial charge on any atom is 0.416 e. The quantitative estimate of drug-likeness (QED) is 0.707. The van der Waals surface area contributed by atoms with Crippen molar-refractivity contribution >= 4 is 5.69 Å². The van der Waals surface area contributed by atoms with E-state index in [0.29, 0.717) is 11.3 Å². The van der Waals surface area contributed by atoms with Crippen LogP contribution in [0.1, 0.15) is 18.1 Å². The highest BCUT2D eigenvalue weighted by Gasteiger charge is 2.30. The first-order valence-electron chi connectivity index (χ1n) is 4.30. The van der Waals surface area contributed by atoms with Gasteiger partial charge in [0.05, 0.1) is 5.56 Å². The zero-order valence-electron chi connectivity index (χ0n) is 8.37. The second kappa shape index (κ2) is 4.26. The van der Waals surface area contributed by atoms with Gasteiger partial charge in [-0.25, -0.2) is 0 Å². The fraction of sp³-hybridized carbons (Fsp3) is 0.273. The van der Waals surface area contributed by atoms with Gasteiger partial charge in [0, 0.05) is 18.3 Å². The van der Waals surface area contributed by atoms with Crippen LogP contribution in [-0.2, 0) is 6.18 Å². The Balaban J connectivity index is 3.26. The van der Waals surface area contributed by atoms with Crippen molar-refractivity contribution in [3.8, 4) is 11.8 Å². The second-order valence-electron chi connectivity index (χ2n) is 2.88. The van der Waals surface area contributed by atoms with E-state index in [9.17, 15) is 13.2 Å². The van der Waals surface area contributed by atoms with E-state index in [1.165, 1.54) is 6.07 Å². The molecule has 0 aliphatic rings. The monoisotopic (exact) mass is 213 g/mol. The van der Waals surface area contributed by atoms with Crippen LogP contribution in [0.5, 0.6) is 0 Å². The number of hydrogen-bond acceptors (Lipinski definition) is 1. The van der Waals surface area contributed by atoms with E-state index in [2.05, 4.69) is 17.2 Å². The van der Waals surface area contributed by atoms with Crippen LogP contribution in [0.4, 0.5) is 18.9 Å². The molecule has 1 N–H and O–H groups in total. The predicted octanol–water partition coefficient (Wildman–Crippen LogP) is 3.12. The summed E-state index contributed by atoms with van der Waals surface area (Å²) in [6.07, 6.45) is -4.32. The van der Waals surface area contributed by atoms with Crippen molar-refractivity contribution in [3.05, 3.63) is 29.3 Å². The molecule has 80 valence electrons. The van der Waals surface area contributed by atoms with Gasteiger partial charge >= 0.3 is 6.18 Å². The number of alkyl halides is 3. The van der Waals surface area contributed by atoms with Crippen LogP contribution < -0.4 is 5.32 Å². The van der Waals surface area contributed by atoms with Gasteiger partial charge in [-0.1, -0.05) is 5.92 Å². The molecule has 0 atom stereocenters. The summed E-state index contributed by atoms with van der Waals surface area (Å²) in [6, 6.07) is 3.46. The largest absolute Gasteiger partial charge is 0.416 e. The lowest BCUT2D eigenvalue weighted by atomic mass is 10.1. The van der Waals surface area contributed by atoms with Gasteiger partial charge < -0.3 is 5.32 Å². The smallest absolute Gasteiger partial charge is 0.387 e. The number of nitrogens with one attached hydrogen (secondary N) is 1. The summed E-state index contributed by atoms with van der Waals surface area (Å²) in [5, 5.41) is 2.79. The number of benzene rings is 1. The van der Waals surface area contributed by atoms with E-state index in [1.54, 1.807) is 14.0 Å². The Bertz CT molecular complexity index is 410. The van der Waals surface area contributed by atoms with Crippen molar-refractivity contribution < 1.29 is 13.2 Å². The van der Waals surface area contributed by atoms with Gasteiger partial charge in [0.15, 0.2) is 0 Å². The van der Waals surface area contributed by atoms with Crippen LogP contribution in [0.25, 0.3) is 0 Å². The number of halogens is 3. The van der Waals surface area contributed by atoms with E-state index < -0.39 is 11.7 Å². The molecule has 1 aromatic rings. The van der Waals surface area contributed by atoms with Crippen molar-refractivity contribution in [1.29, 1.82) is 0 Å². The Morgan fingerprint density at radius 2 is 1.93 bits per heavy atom. The average molecular weight is 213 g/mol. The lowest BCUT2D eigenvalue weighted by molar-refractivity contribution is -0.137. The van der Waals surface area contributed by atoms with Crippen molar-refractivity contribution in [2.24, 2.45) is 0 Å². The Labute approximate surface area is 86.3 Å². The molecule has 15 heavy (non-hydrogen) atoms. The fourth-order valence-corrected chi connectivity index (χ4v) is 1.18. The lowest BCUT2D eigenvalue weighted by Gasteiger charge is -2.09. The van der Waals surface area contributed by atoms with Crippen LogP contribution in [0.2, 0.25) is 0 Å². The third-order valence-corrected chi connectivity index (χ3v) is 1.88. The molecule has 0 saturated heterocycles. The van der Waals surface area contributed by atoms with Gasteiger partial charge in [0.1, 0.15) is 0 Å². The third kappa shape index (κ3) is 2.66. The molecular formula is C11H10F3N. The van der Waals surface area contributed by atoms with Crippen LogP contribution in [-0.4, -0.2) is 7.05 Å². The highest BCUT2D eigenvalue weighted by atomic mass is 19.4. The van der Waals surface area contributed by atoms with Crippen LogP contribution >= 0.6 is 0 Å². The van der Waals surface area contributed by atoms with Gasteiger partial charge in [-0.2, -0.15) is 13.2 Å². The second-order valence-corrected chi connectivity index (χ2v) is 2.88. The first-order valence-corrected chi connectivity index (χ1v) is 4.30. The average Bonchev–Trinajstić information content (AvgIpc) is 2.17. The molecule has 0 aromatic heterocycles.